The Bertz CT molecular complexity index is 404. The molecule has 0 heterocycles. The molecular formula is C10H10O2. The summed E-state index contributed by atoms with van der Waals surface area (Å²) >= 11 is 0. The summed E-state index contributed by atoms with van der Waals surface area (Å²) in [6.07, 6.45) is 1.45. The Morgan fingerprint density at radius 1 is 1.42 bits per heavy atom. The number of hydrogen-bond donors (Lipinski definition) is 2. The van der Waals surface area contributed by atoms with E-state index >= 15 is 0 Å². The summed E-state index contributed by atoms with van der Waals surface area (Å²) in [6, 6.07) is 4.73. The van der Waals surface area contributed by atoms with Gasteiger partial charge in [0.15, 0.2) is 0 Å². The SMILES string of the molecule is C=C(O)/C=c1/cc(O)ccc1=C. The third-order valence-electron chi connectivity index (χ3n) is 1.45. The quantitative estimate of drug-likeness (QED) is 0.595. The molecule has 1 aromatic rings. The van der Waals surface area contributed by atoms with Crippen LogP contribution in [0, 0.1) is 0 Å². The lowest BCUT2D eigenvalue weighted by atomic mass is 10.2. The maximum Gasteiger partial charge on any atom is 0.116 e. The summed E-state index contributed by atoms with van der Waals surface area (Å²) in [6.45, 7) is 7.03. The molecule has 12 heavy (non-hydrogen) atoms. The first kappa shape index (κ1) is 8.40. The molecule has 0 amide bonds. The van der Waals surface area contributed by atoms with Crippen LogP contribution in [0.2, 0.25) is 0 Å². The molecule has 0 radical (unpaired) electrons. The lowest BCUT2D eigenvalue weighted by molar-refractivity contribution is 0.444. The van der Waals surface area contributed by atoms with Crippen LogP contribution in [0.25, 0.3) is 12.7 Å². The zero-order chi connectivity index (χ0) is 9.14. The smallest absolute Gasteiger partial charge is 0.116 e. The van der Waals surface area contributed by atoms with Gasteiger partial charge in [0.1, 0.15) is 11.5 Å². The van der Waals surface area contributed by atoms with Crippen molar-refractivity contribution in [1.82, 2.24) is 0 Å². The van der Waals surface area contributed by atoms with Gasteiger partial charge < -0.3 is 10.2 Å². The summed E-state index contributed by atoms with van der Waals surface area (Å²) in [5, 5.41) is 19.4. The lowest BCUT2D eigenvalue weighted by Crippen LogP contribution is -2.22. The van der Waals surface area contributed by atoms with E-state index < -0.39 is 0 Å². The van der Waals surface area contributed by atoms with Crippen molar-refractivity contribution in [2.24, 2.45) is 0 Å². The number of aliphatic hydroxyl groups is 1. The first-order valence-corrected chi connectivity index (χ1v) is 3.47. The molecule has 1 aromatic carbocycles. The van der Waals surface area contributed by atoms with Crippen molar-refractivity contribution in [3.05, 3.63) is 41.0 Å². The Kier molecular flexibility index (Phi) is 2.19. The number of hydrogen-bond acceptors (Lipinski definition) is 2. The monoisotopic (exact) mass is 162 g/mol. The average molecular weight is 162 g/mol. The molecule has 0 bridgehead atoms. The van der Waals surface area contributed by atoms with E-state index in [0.717, 1.165) is 5.22 Å². The van der Waals surface area contributed by atoms with Crippen molar-refractivity contribution in [1.29, 1.82) is 0 Å². The number of aromatic hydroxyl groups is 1. The van der Waals surface area contributed by atoms with Crippen molar-refractivity contribution in [3.63, 3.8) is 0 Å². The molecule has 2 N–H and O–H groups in total. The van der Waals surface area contributed by atoms with Gasteiger partial charge in [-0.3, -0.25) is 0 Å². The summed E-state index contributed by atoms with van der Waals surface area (Å²) in [4.78, 5) is 0. The highest BCUT2D eigenvalue weighted by Crippen LogP contribution is 1.98. The predicted octanol–water partition coefficient (Wildman–Crippen LogP) is 0.655. The summed E-state index contributed by atoms with van der Waals surface area (Å²) in [5.74, 6) is 0.0976. The van der Waals surface area contributed by atoms with E-state index in [1.54, 1.807) is 12.1 Å². The topological polar surface area (TPSA) is 40.5 Å². The molecule has 1 rings (SSSR count). The predicted molar refractivity (Wildman–Crippen MR) is 49.1 cm³/mol. The highest BCUT2D eigenvalue weighted by atomic mass is 16.3. The summed E-state index contributed by atoms with van der Waals surface area (Å²) in [5.41, 5.74) is 0. The van der Waals surface area contributed by atoms with Gasteiger partial charge in [0.05, 0.1) is 0 Å². The maximum absolute atomic E-state index is 9.09. The van der Waals surface area contributed by atoms with E-state index in [0.29, 0.717) is 5.22 Å². The molecule has 0 fully saturated rings. The molecule has 0 spiro atoms. The van der Waals surface area contributed by atoms with Gasteiger partial charge in [-0.2, -0.15) is 0 Å². The molecule has 0 aromatic heterocycles. The molecule has 2 nitrogen and oxygen atoms in total. The molecule has 0 aliphatic carbocycles. The fourth-order valence-corrected chi connectivity index (χ4v) is 0.896. The van der Waals surface area contributed by atoms with E-state index in [4.69, 9.17) is 10.2 Å². The molecule has 0 aliphatic rings. The highest BCUT2D eigenvalue weighted by Gasteiger charge is 1.87. The number of rotatable bonds is 1. The van der Waals surface area contributed by atoms with Crippen molar-refractivity contribution in [2.45, 2.75) is 0 Å². The normalized spacial score (nSPS) is 11.5. The zero-order valence-corrected chi connectivity index (χ0v) is 6.62. The first-order chi connectivity index (χ1) is 5.59. The first-order valence-electron chi connectivity index (χ1n) is 3.47. The van der Waals surface area contributed by atoms with E-state index in [2.05, 4.69) is 13.2 Å². The minimum absolute atomic E-state index is 0.0505. The van der Waals surface area contributed by atoms with Crippen LogP contribution in [0.15, 0.2) is 30.5 Å². The minimum atomic E-state index is -0.0505. The van der Waals surface area contributed by atoms with Crippen molar-refractivity contribution in [3.8, 4) is 5.75 Å². The average Bonchev–Trinajstić information content (AvgIpc) is 1.96. The fourth-order valence-electron chi connectivity index (χ4n) is 0.896. The Balaban J connectivity index is 3.42. The Morgan fingerprint density at radius 3 is 2.67 bits per heavy atom. The fraction of sp³-hybridized carbons (Fsp3) is 0. The van der Waals surface area contributed by atoms with Crippen LogP contribution in [0.1, 0.15) is 0 Å². The van der Waals surface area contributed by atoms with E-state index in [1.165, 1.54) is 12.1 Å². The third kappa shape index (κ3) is 1.89. The second-order valence-corrected chi connectivity index (χ2v) is 2.52. The molecular weight excluding hydrogens is 152 g/mol. The summed E-state index contributed by atoms with van der Waals surface area (Å²) < 4.78 is 0. The van der Waals surface area contributed by atoms with Gasteiger partial charge in [-0.05, 0) is 28.6 Å². The van der Waals surface area contributed by atoms with Gasteiger partial charge in [0, 0.05) is 0 Å². The molecule has 0 saturated carbocycles. The van der Waals surface area contributed by atoms with Gasteiger partial charge >= 0.3 is 0 Å². The van der Waals surface area contributed by atoms with E-state index in [-0.39, 0.29) is 11.5 Å². The molecule has 0 aliphatic heterocycles. The molecule has 2 heteroatoms. The maximum atomic E-state index is 9.09. The van der Waals surface area contributed by atoms with Gasteiger partial charge in [0.2, 0.25) is 0 Å². The van der Waals surface area contributed by atoms with Crippen molar-refractivity contribution < 1.29 is 10.2 Å². The van der Waals surface area contributed by atoms with Crippen molar-refractivity contribution >= 4 is 12.7 Å². The molecule has 0 unspecified atom stereocenters. The van der Waals surface area contributed by atoms with Crippen LogP contribution in [-0.4, -0.2) is 10.2 Å². The molecule has 0 saturated heterocycles. The van der Waals surface area contributed by atoms with Gasteiger partial charge in [-0.15, -0.1) is 0 Å². The Morgan fingerprint density at radius 2 is 2.08 bits per heavy atom. The number of phenols is 1. The third-order valence-corrected chi connectivity index (χ3v) is 1.45. The summed E-state index contributed by atoms with van der Waals surface area (Å²) in [7, 11) is 0. The molecule has 62 valence electrons. The van der Waals surface area contributed by atoms with Crippen LogP contribution >= 0.6 is 0 Å². The highest BCUT2D eigenvalue weighted by molar-refractivity contribution is 5.42. The lowest BCUT2D eigenvalue weighted by Gasteiger charge is -1.91. The molecule has 0 atom stereocenters. The van der Waals surface area contributed by atoms with E-state index in [9.17, 15) is 0 Å². The van der Waals surface area contributed by atoms with Crippen molar-refractivity contribution in [2.75, 3.05) is 0 Å². The van der Waals surface area contributed by atoms with Gasteiger partial charge in [-0.1, -0.05) is 19.2 Å². The van der Waals surface area contributed by atoms with Crippen LogP contribution in [-0.2, 0) is 0 Å². The van der Waals surface area contributed by atoms with E-state index in [1.807, 2.05) is 0 Å². The van der Waals surface area contributed by atoms with Gasteiger partial charge in [-0.25, -0.2) is 0 Å². The second kappa shape index (κ2) is 3.13. The number of phenolic OH excluding ortho intramolecular Hbond substituents is 1. The van der Waals surface area contributed by atoms with Crippen LogP contribution in [0.3, 0.4) is 0 Å². The van der Waals surface area contributed by atoms with Crippen LogP contribution in [0.5, 0.6) is 5.75 Å². The second-order valence-electron chi connectivity index (χ2n) is 2.52. The number of aliphatic hydroxyl groups excluding tert-OH is 1. The number of benzene rings is 1. The largest absolute Gasteiger partial charge is 0.509 e. The van der Waals surface area contributed by atoms with Crippen LogP contribution < -0.4 is 10.4 Å². The minimum Gasteiger partial charge on any atom is -0.509 e. The standard InChI is InChI=1S/C10H10O2/c1-7-3-4-10(12)6-9(7)5-8(2)11/h3-6,11-12H,1-2H2/b9-5-. The Labute approximate surface area is 70.4 Å². The van der Waals surface area contributed by atoms with Gasteiger partial charge in [0.25, 0.3) is 0 Å². The Hall–Kier alpha value is -1.70. The number of allylic oxidation sites excluding steroid dienone is 1. The zero-order valence-electron chi connectivity index (χ0n) is 6.62. The van der Waals surface area contributed by atoms with Crippen LogP contribution in [0.4, 0.5) is 0 Å².